The third-order valence-electron chi connectivity index (χ3n) is 6.09. The van der Waals surface area contributed by atoms with Gasteiger partial charge in [-0.05, 0) is 67.8 Å². The molecular weight excluding hydrogens is 468 g/mol. The van der Waals surface area contributed by atoms with E-state index in [0.29, 0.717) is 28.3 Å². The van der Waals surface area contributed by atoms with Crippen molar-refractivity contribution < 1.29 is 24.2 Å². The molecule has 1 heterocycles. The molecule has 0 radical (unpaired) electrons. The van der Waals surface area contributed by atoms with Crippen molar-refractivity contribution in [2.24, 2.45) is 0 Å². The first-order chi connectivity index (χ1) is 17.7. The number of hydrogen-bond acceptors (Lipinski definition) is 5. The number of ketones is 1. The zero-order valence-electron chi connectivity index (χ0n) is 21.3. The molecule has 0 spiro atoms. The van der Waals surface area contributed by atoms with Crippen molar-refractivity contribution >= 4 is 34.7 Å². The highest BCUT2D eigenvalue weighted by molar-refractivity contribution is 6.51. The number of nitrogens with one attached hydrogen (secondary N) is 1. The Hall–Kier alpha value is -4.39. The van der Waals surface area contributed by atoms with E-state index in [-0.39, 0.29) is 23.3 Å². The number of ether oxygens (including phenoxy) is 1. The fraction of sp³-hybridized carbons (Fsp3) is 0.233. The van der Waals surface area contributed by atoms with Gasteiger partial charge in [0.2, 0.25) is 5.91 Å². The lowest BCUT2D eigenvalue weighted by molar-refractivity contribution is -0.132. The molecule has 1 aliphatic rings. The van der Waals surface area contributed by atoms with E-state index < -0.39 is 17.7 Å². The van der Waals surface area contributed by atoms with Crippen LogP contribution < -0.4 is 15.0 Å². The van der Waals surface area contributed by atoms with Crippen molar-refractivity contribution in [2.75, 3.05) is 10.2 Å². The van der Waals surface area contributed by atoms with Crippen molar-refractivity contribution in [2.45, 2.75) is 46.3 Å². The van der Waals surface area contributed by atoms with Gasteiger partial charge in [-0.1, -0.05) is 43.3 Å². The van der Waals surface area contributed by atoms with Gasteiger partial charge in [0, 0.05) is 23.9 Å². The Morgan fingerprint density at radius 2 is 1.70 bits per heavy atom. The van der Waals surface area contributed by atoms with Crippen LogP contribution in [0.3, 0.4) is 0 Å². The Morgan fingerprint density at radius 1 is 1.03 bits per heavy atom. The minimum atomic E-state index is -0.841. The maximum Gasteiger partial charge on any atom is 0.300 e. The van der Waals surface area contributed by atoms with Crippen LogP contribution in [0.2, 0.25) is 0 Å². The molecular formula is C30H30N2O5. The van der Waals surface area contributed by atoms with E-state index >= 15 is 0 Å². The summed E-state index contributed by atoms with van der Waals surface area (Å²) in [6.07, 6.45) is 0.772. The molecule has 3 aromatic rings. The standard InChI is InChI=1S/C30H30N2O5/c1-5-20-9-11-21(12-10-20)27-26(28(34)22-7-6-8-25(17-22)37-18(2)3)29(35)30(36)32(27)24-15-13-23(14-16-24)31-19(4)33/h6-18,27,34H,5H2,1-4H3,(H,31,33)/b28-26-. The summed E-state index contributed by atoms with van der Waals surface area (Å²) in [4.78, 5) is 39.6. The summed E-state index contributed by atoms with van der Waals surface area (Å²) in [5.74, 6) is -1.45. The second-order valence-electron chi connectivity index (χ2n) is 9.19. The lowest BCUT2D eigenvalue weighted by Crippen LogP contribution is -2.29. The third-order valence-corrected chi connectivity index (χ3v) is 6.09. The van der Waals surface area contributed by atoms with Gasteiger partial charge in [-0.25, -0.2) is 0 Å². The Kier molecular flexibility index (Phi) is 7.43. The van der Waals surface area contributed by atoms with Gasteiger partial charge in [-0.15, -0.1) is 0 Å². The molecule has 7 heteroatoms. The van der Waals surface area contributed by atoms with Crippen LogP contribution in [0.4, 0.5) is 11.4 Å². The molecule has 4 rings (SSSR count). The number of rotatable bonds is 7. The molecule has 2 amide bonds. The molecule has 190 valence electrons. The van der Waals surface area contributed by atoms with Crippen molar-refractivity contribution in [1.82, 2.24) is 0 Å². The first-order valence-corrected chi connectivity index (χ1v) is 12.2. The van der Waals surface area contributed by atoms with Crippen molar-refractivity contribution in [3.63, 3.8) is 0 Å². The van der Waals surface area contributed by atoms with Gasteiger partial charge in [0.1, 0.15) is 11.5 Å². The Labute approximate surface area is 216 Å². The minimum Gasteiger partial charge on any atom is -0.507 e. The van der Waals surface area contributed by atoms with Gasteiger partial charge in [0.15, 0.2) is 0 Å². The average Bonchev–Trinajstić information content (AvgIpc) is 3.14. The minimum absolute atomic E-state index is 0.00174. The van der Waals surface area contributed by atoms with E-state index in [1.807, 2.05) is 45.0 Å². The quantitative estimate of drug-likeness (QED) is 0.250. The van der Waals surface area contributed by atoms with Crippen LogP contribution in [-0.2, 0) is 20.8 Å². The number of amides is 2. The van der Waals surface area contributed by atoms with E-state index in [9.17, 15) is 19.5 Å². The van der Waals surface area contributed by atoms with Crippen LogP contribution in [0.15, 0.2) is 78.4 Å². The van der Waals surface area contributed by atoms with Crippen LogP contribution in [0.25, 0.3) is 5.76 Å². The number of Topliss-reactive ketones (excluding diaryl/α,β-unsaturated/α-hetero) is 1. The Morgan fingerprint density at radius 3 is 2.30 bits per heavy atom. The van der Waals surface area contributed by atoms with Crippen LogP contribution in [-0.4, -0.2) is 28.8 Å². The molecule has 37 heavy (non-hydrogen) atoms. The number of hydrogen-bond donors (Lipinski definition) is 2. The van der Waals surface area contributed by atoms with Crippen LogP contribution in [0.5, 0.6) is 5.75 Å². The van der Waals surface area contributed by atoms with Crippen LogP contribution in [0, 0.1) is 0 Å². The van der Waals surface area contributed by atoms with Gasteiger partial charge in [0.05, 0.1) is 17.7 Å². The van der Waals surface area contributed by atoms with E-state index in [1.165, 1.54) is 11.8 Å². The largest absolute Gasteiger partial charge is 0.507 e. The second kappa shape index (κ2) is 10.7. The van der Waals surface area contributed by atoms with Gasteiger partial charge < -0.3 is 15.2 Å². The van der Waals surface area contributed by atoms with Crippen molar-refractivity contribution in [1.29, 1.82) is 0 Å². The fourth-order valence-corrected chi connectivity index (χ4v) is 4.40. The molecule has 1 saturated heterocycles. The summed E-state index contributed by atoms with van der Waals surface area (Å²) >= 11 is 0. The SMILES string of the molecule is CCc1ccc(C2/C(=C(/O)c3cccc(OC(C)C)c3)C(=O)C(=O)N2c2ccc(NC(C)=O)cc2)cc1. The van der Waals surface area contributed by atoms with E-state index in [0.717, 1.165) is 12.0 Å². The third kappa shape index (κ3) is 5.40. The predicted molar refractivity (Wildman–Crippen MR) is 144 cm³/mol. The summed E-state index contributed by atoms with van der Waals surface area (Å²) in [6.45, 7) is 7.25. The molecule has 1 aliphatic heterocycles. The summed E-state index contributed by atoms with van der Waals surface area (Å²) in [6, 6.07) is 20.3. The number of aliphatic hydroxyl groups excluding tert-OH is 1. The topological polar surface area (TPSA) is 95.9 Å². The zero-order valence-corrected chi connectivity index (χ0v) is 21.3. The van der Waals surface area contributed by atoms with E-state index in [4.69, 9.17) is 4.74 Å². The fourth-order valence-electron chi connectivity index (χ4n) is 4.40. The van der Waals surface area contributed by atoms with Gasteiger partial charge in [-0.3, -0.25) is 19.3 Å². The summed E-state index contributed by atoms with van der Waals surface area (Å²) in [5, 5.41) is 14.1. The average molecular weight is 499 g/mol. The predicted octanol–water partition coefficient (Wildman–Crippen LogP) is 5.62. The molecule has 0 aromatic heterocycles. The normalized spacial score (nSPS) is 16.8. The molecule has 1 fully saturated rings. The summed E-state index contributed by atoms with van der Waals surface area (Å²) in [5.41, 5.74) is 3.22. The van der Waals surface area contributed by atoms with Gasteiger partial charge >= 0.3 is 0 Å². The highest BCUT2D eigenvalue weighted by Gasteiger charge is 2.47. The Bertz CT molecular complexity index is 1360. The summed E-state index contributed by atoms with van der Waals surface area (Å²) < 4.78 is 5.76. The monoisotopic (exact) mass is 498 g/mol. The number of nitrogens with zero attached hydrogens (tertiary/aromatic N) is 1. The molecule has 0 saturated carbocycles. The maximum atomic E-state index is 13.4. The Balaban J connectivity index is 1.85. The van der Waals surface area contributed by atoms with Crippen molar-refractivity contribution in [3.8, 4) is 5.75 Å². The molecule has 3 aromatic carbocycles. The zero-order chi connectivity index (χ0) is 26.7. The van der Waals surface area contributed by atoms with Gasteiger partial charge in [-0.2, -0.15) is 0 Å². The number of carbonyl (C=O) groups is 3. The number of aliphatic hydroxyl groups is 1. The smallest absolute Gasteiger partial charge is 0.300 e. The number of aryl methyl sites for hydroxylation is 1. The van der Waals surface area contributed by atoms with Crippen LogP contribution >= 0.6 is 0 Å². The second-order valence-corrected chi connectivity index (χ2v) is 9.19. The van der Waals surface area contributed by atoms with E-state index in [2.05, 4.69) is 5.32 Å². The molecule has 7 nitrogen and oxygen atoms in total. The van der Waals surface area contributed by atoms with Crippen LogP contribution in [0.1, 0.15) is 50.4 Å². The number of anilines is 2. The molecule has 2 N–H and O–H groups in total. The lowest BCUT2D eigenvalue weighted by atomic mass is 9.94. The first kappa shape index (κ1) is 25.7. The molecule has 0 bridgehead atoms. The number of benzene rings is 3. The molecule has 1 unspecified atom stereocenters. The molecule has 0 aliphatic carbocycles. The maximum absolute atomic E-state index is 13.4. The summed E-state index contributed by atoms with van der Waals surface area (Å²) in [7, 11) is 0. The highest BCUT2D eigenvalue weighted by atomic mass is 16.5. The van der Waals surface area contributed by atoms with Gasteiger partial charge in [0.25, 0.3) is 11.7 Å². The highest BCUT2D eigenvalue weighted by Crippen LogP contribution is 2.42. The van der Waals surface area contributed by atoms with E-state index in [1.54, 1.807) is 48.5 Å². The first-order valence-electron chi connectivity index (χ1n) is 12.2. The van der Waals surface area contributed by atoms with Crippen molar-refractivity contribution in [3.05, 3.63) is 95.1 Å². The lowest BCUT2D eigenvalue weighted by Gasteiger charge is -2.26. The molecule has 1 atom stereocenters. The number of carbonyl (C=O) groups excluding carboxylic acids is 3.